The van der Waals surface area contributed by atoms with Gasteiger partial charge in [-0.1, -0.05) is 24.3 Å². The van der Waals surface area contributed by atoms with Crippen LogP contribution in [0.4, 0.5) is 15.9 Å². The van der Waals surface area contributed by atoms with Crippen LogP contribution in [-0.2, 0) is 0 Å². The summed E-state index contributed by atoms with van der Waals surface area (Å²) in [4.78, 5) is 23.4. The van der Waals surface area contributed by atoms with Crippen molar-refractivity contribution in [2.75, 3.05) is 25.0 Å². The normalized spacial score (nSPS) is 13.1. The van der Waals surface area contributed by atoms with E-state index in [1.165, 1.54) is 35.1 Å². The van der Waals surface area contributed by atoms with Gasteiger partial charge < -0.3 is 10.6 Å². The number of aromatic nitrogens is 2. The van der Waals surface area contributed by atoms with Crippen molar-refractivity contribution in [3.8, 4) is 17.1 Å². The molecular formula is C25H26FN5O. The first kappa shape index (κ1) is 21.7. The van der Waals surface area contributed by atoms with Gasteiger partial charge in [0, 0.05) is 19.2 Å². The predicted molar refractivity (Wildman–Crippen MR) is 125 cm³/mol. The van der Waals surface area contributed by atoms with E-state index < -0.39 is 5.82 Å². The van der Waals surface area contributed by atoms with Gasteiger partial charge in [0.2, 0.25) is 5.69 Å². The first-order valence-electron chi connectivity index (χ1n) is 10.8. The van der Waals surface area contributed by atoms with Crippen LogP contribution < -0.4 is 16.2 Å². The summed E-state index contributed by atoms with van der Waals surface area (Å²) < 4.78 is 16.0. The van der Waals surface area contributed by atoms with Crippen molar-refractivity contribution < 1.29 is 4.39 Å². The molecule has 32 heavy (non-hydrogen) atoms. The van der Waals surface area contributed by atoms with Gasteiger partial charge in [0.1, 0.15) is 17.5 Å². The third-order valence-electron chi connectivity index (χ3n) is 5.87. The summed E-state index contributed by atoms with van der Waals surface area (Å²) >= 11 is 0. The van der Waals surface area contributed by atoms with Gasteiger partial charge in [-0.15, -0.1) is 0 Å². The number of anilines is 1. The standard InChI is InChI=1S/C25H26FN5O/c1-16-23(30(3)14-4-13-27)29-24(19-9-12-22(28-2)21(26)15-19)31(25(16)32)20-10-7-18(8-11-20)17-5-6-17/h7-12,15,17H,4-6,13-14,27H2,1,3H3. The Morgan fingerprint density at radius 1 is 1.25 bits per heavy atom. The SMILES string of the molecule is [C-]#[N+]c1ccc(-c2nc(N(C)CCCN)c(C)c(=O)n2-c2ccc(C3CC3)cc2)cc1F. The zero-order valence-electron chi connectivity index (χ0n) is 18.3. The fourth-order valence-corrected chi connectivity index (χ4v) is 3.88. The largest absolute Gasteiger partial charge is 0.359 e. The molecule has 0 unspecified atom stereocenters. The first-order valence-corrected chi connectivity index (χ1v) is 10.8. The molecule has 0 amide bonds. The van der Waals surface area contributed by atoms with Crippen molar-refractivity contribution in [3.05, 3.63) is 81.2 Å². The predicted octanol–water partition coefficient (Wildman–Crippen LogP) is 4.56. The molecule has 0 radical (unpaired) electrons. The maximum absolute atomic E-state index is 14.5. The summed E-state index contributed by atoms with van der Waals surface area (Å²) in [6.45, 7) is 10.0. The van der Waals surface area contributed by atoms with E-state index in [-0.39, 0.29) is 11.2 Å². The van der Waals surface area contributed by atoms with Crippen LogP contribution in [0, 0.1) is 19.3 Å². The molecular weight excluding hydrogens is 405 g/mol. The van der Waals surface area contributed by atoms with Gasteiger partial charge in [-0.25, -0.2) is 14.2 Å². The fraction of sp³-hybridized carbons (Fsp3) is 0.320. The van der Waals surface area contributed by atoms with E-state index in [1.807, 2.05) is 36.2 Å². The van der Waals surface area contributed by atoms with Crippen LogP contribution in [-0.4, -0.2) is 29.7 Å². The molecule has 164 valence electrons. The second-order valence-electron chi connectivity index (χ2n) is 8.23. The second kappa shape index (κ2) is 8.93. The Labute approximate surface area is 187 Å². The van der Waals surface area contributed by atoms with E-state index in [4.69, 9.17) is 17.3 Å². The van der Waals surface area contributed by atoms with Gasteiger partial charge in [0.25, 0.3) is 5.56 Å². The lowest BCUT2D eigenvalue weighted by Crippen LogP contribution is -2.30. The Morgan fingerprint density at radius 2 is 1.97 bits per heavy atom. The molecule has 6 nitrogen and oxygen atoms in total. The van der Waals surface area contributed by atoms with Crippen molar-refractivity contribution >= 4 is 11.5 Å². The molecule has 3 aromatic rings. The van der Waals surface area contributed by atoms with E-state index in [2.05, 4.69) is 4.85 Å². The Morgan fingerprint density at radius 3 is 2.56 bits per heavy atom. The van der Waals surface area contributed by atoms with Gasteiger partial charge in [-0.2, -0.15) is 0 Å². The molecule has 4 rings (SSSR count). The van der Waals surface area contributed by atoms with Crippen LogP contribution in [0.5, 0.6) is 0 Å². The summed E-state index contributed by atoms with van der Waals surface area (Å²) in [6, 6.07) is 12.2. The molecule has 7 heteroatoms. The molecule has 1 saturated carbocycles. The van der Waals surface area contributed by atoms with E-state index in [1.54, 1.807) is 13.0 Å². The van der Waals surface area contributed by atoms with Crippen molar-refractivity contribution in [2.45, 2.75) is 32.1 Å². The molecule has 0 bridgehead atoms. The van der Waals surface area contributed by atoms with Crippen molar-refractivity contribution in [1.29, 1.82) is 0 Å². The van der Waals surface area contributed by atoms with E-state index in [9.17, 15) is 9.18 Å². The van der Waals surface area contributed by atoms with Gasteiger partial charge in [0.05, 0.1) is 17.8 Å². The maximum Gasteiger partial charge on any atom is 0.263 e. The minimum Gasteiger partial charge on any atom is -0.359 e. The van der Waals surface area contributed by atoms with Gasteiger partial charge >= 0.3 is 0 Å². The zero-order chi connectivity index (χ0) is 22.8. The first-order chi connectivity index (χ1) is 15.4. The molecule has 1 fully saturated rings. The van der Waals surface area contributed by atoms with E-state index in [0.717, 1.165) is 6.42 Å². The molecule has 2 N–H and O–H groups in total. The van der Waals surface area contributed by atoms with Crippen molar-refractivity contribution in [3.63, 3.8) is 0 Å². The van der Waals surface area contributed by atoms with Crippen molar-refractivity contribution in [2.24, 2.45) is 5.73 Å². The molecule has 0 atom stereocenters. The average molecular weight is 432 g/mol. The number of benzene rings is 2. The van der Waals surface area contributed by atoms with Crippen LogP contribution >= 0.6 is 0 Å². The molecule has 0 aliphatic heterocycles. The van der Waals surface area contributed by atoms with Gasteiger partial charge in [-0.05, 0) is 62.4 Å². The maximum atomic E-state index is 14.5. The highest BCUT2D eigenvalue weighted by Crippen LogP contribution is 2.40. The van der Waals surface area contributed by atoms with Crippen molar-refractivity contribution in [1.82, 2.24) is 9.55 Å². The van der Waals surface area contributed by atoms with Crippen LogP contribution in [0.1, 0.15) is 36.3 Å². The molecule has 0 spiro atoms. The average Bonchev–Trinajstić information content (AvgIpc) is 3.64. The molecule has 1 aliphatic rings. The van der Waals surface area contributed by atoms with E-state index in [0.29, 0.717) is 47.5 Å². The lowest BCUT2D eigenvalue weighted by atomic mass is 10.1. The lowest BCUT2D eigenvalue weighted by Gasteiger charge is -2.23. The highest BCUT2D eigenvalue weighted by Gasteiger charge is 2.24. The second-order valence-corrected chi connectivity index (χ2v) is 8.23. The van der Waals surface area contributed by atoms with E-state index >= 15 is 0 Å². The molecule has 1 aromatic heterocycles. The van der Waals surface area contributed by atoms with Crippen LogP contribution in [0.25, 0.3) is 21.9 Å². The summed E-state index contributed by atoms with van der Waals surface area (Å²) in [5, 5.41) is 0. The van der Waals surface area contributed by atoms with Gasteiger partial charge in [-0.3, -0.25) is 9.36 Å². The Kier molecular flexibility index (Phi) is 6.06. The quantitative estimate of drug-likeness (QED) is 0.557. The minimum absolute atomic E-state index is 0.0659. The number of rotatable bonds is 7. The summed E-state index contributed by atoms with van der Waals surface area (Å²) in [7, 11) is 1.87. The minimum atomic E-state index is -0.638. The molecule has 2 aromatic carbocycles. The Bertz CT molecular complexity index is 1240. The lowest BCUT2D eigenvalue weighted by molar-refractivity contribution is 0.634. The van der Waals surface area contributed by atoms with Crippen LogP contribution in [0.3, 0.4) is 0 Å². The smallest absolute Gasteiger partial charge is 0.263 e. The fourth-order valence-electron chi connectivity index (χ4n) is 3.88. The van der Waals surface area contributed by atoms with Crippen LogP contribution in [0.2, 0.25) is 0 Å². The highest BCUT2D eigenvalue weighted by atomic mass is 19.1. The van der Waals surface area contributed by atoms with Crippen LogP contribution in [0.15, 0.2) is 47.3 Å². The third kappa shape index (κ3) is 4.14. The summed E-state index contributed by atoms with van der Waals surface area (Å²) in [5.74, 6) is 0.846. The number of nitrogens with zero attached hydrogens (tertiary/aromatic N) is 4. The topological polar surface area (TPSA) is 68.5 Å². The number of hydrogen-bond donors (Lipinski definition) is 1. The number of hydrogen-bond acceptors (Lipinski definition) is 4. The molecule has 1 aliphatic carbocycles. The highest BCUT2D eigenvalue weighted by molar-refractivity contribution is 5.65. The zero-order valence-corrected chi connectivity index (χ0v) is 18.3. The summed E-state index contributed by atoms with van der Waals surface area (Å²) in [6.07, 6.45) is 3.15. The number of halogens is 1. The molecule has 0 saturated heterocycles. The summed E-state index contributed by atoms with van der Waals surface area (Å²) in [5.41, 5.74) is 8.26. The Hall–Kier alpha value is -3.50. The van der Waals surface area contributed by atoms with Gasteiger partial charge in [0.15, 0.2) is 0 Å². The Balaban J connectivity index is 1.91. The monoisotopic (exact) mass is 431 g/mol. The molecule has 1 heterocycles. The number of nitrogens with two attached hydrogens (primary N) is 1. The third-order valence-corrected chi connectivity index (χ3v) is 5.87.